The molecule has 0 spiro atoms. The van der Waals surface area contributed by atoms with Crippen LogP contribution in [0.2, 0.25) is 0 Å². The van der Waals surface area contributed by atoms with Gasteiger partial charge in [-0.05, 0) is 46.8 Å². The third-order valence-corrected chi connectivity index (χ3v) is 3.11. The highest BCUT2D eigenvalue weighted by Gasteiger charge is 2.25. The molecule has 0 saturated carbocycles. The highest BCUT2D eigenvalue weighted by molar-refractivity contribution is 6.21. The van der Waals surface area contributed by atoms with E-state index in [9.17, 15) is 0 Å². The Morgan fingerprint density at radius 1 is 1.35 bits per heavy atom. The summed E-state index contributed by atoms with van der Waals surface area (Å²) in [5.74, 6) is 1.49. The largest absolute Gasteiger partial charge is 0.487 e. The van der Waals surface area contributed by atoms with Gasteiger partial charge >= 0.3 is 0 Å². The molecule has 0 fully saturated rings. The smallest absolute Gasteiger partial charge is 0.169 e. The number of aromatic nitrogens is 1. The van der Waals surface area contributed by atoms with Crippen molar-refractivity contribution in [2.75, 3.05) is 5.32 Å². The second-order valence-electron chi connectivity index (χ2n) is 4.98. The van der Waals surface area contributed by atoms with Crippen molar-refractivity contribution in [2.24, 2.45) is 0 Å². The first-order valence-corrected chi connectivity index (χ1v) is 6.30. The van der Waals surface area contributed by atoms with Crippen molar-refractivity contribution in [2.45, 2.75) is 51.6 Å². The molecule has 1 rings (SSSR count). The van der Waals surface area contributed by atoms with Crippen LogP contribution >= 0.6 is 11.6 Å². The molecule has 0 aliphatic rings. The monoisotopic (exact) mass is 256 g/mol. The van der Waals surface area contributed by atoms with Gasteiger partial charge in [-0.2, -0.15) is 0 Å². The van der Waals surface area contributed by atoms with Gasteiger partial charge in [-0.25, -0.2) is 4.98 Å². The van der Waals surface area contributed by atoms with Gasteiger partial charge in [-0.15, -0.1) is 11.6 Å². The van der Waals surface area contributed by atoms with Gasteiger partial charge in [0.05, 0.1) is 11.5 Å². The first-order chi connectivity index (χ1) is 7.83. The summed E-state index contributed by atoms with van der Waals surface area (Å²) >= 11 is 6.15. The molecule has 0 aromatic carbocycles. The van der Waals surface area contributed by atoms with Crippen LogP contribution in [0, 0.1) is 0 Å². The van der Waals surface area contributed by atoms with E-state index in [1.807, 2.05) is 46.8 Å². The van der Waals surface area contributed by atoms with Crippen molar-refractivity contribution >= 4 is 17.4 Å². The van der Waals surface area contributed by atoms with Gasteiger partial charge in [-0.3, -0.25) is 0 Å². The van der Waals surface area contributed by atoms with Crippen molar-refractivity contribution in [1.29, 1.82) is 0 Å². The number of ether oxygens (including phenoxy) is 1. The standard InChI is InChI=1S/C13H21ClN2O/c1-9(2)17-11-7-6-8-15-12(11)16-13(4,5)10(3)14/h6-10H,1-5H3,(H,15,16). The van der Waals surface area contributed by atoms with Crippen molar-refractivity contribution in [1.82, 2.24) is 4.98 Å². The molecule has 0 amide bonds. The second-order valence-corrected chi connectivity index (χ2v) is 5.63. The van der Waals surface area contributed by atoms with Crippen molar-refractivity contribution in [3.05, 3.63) is 18.3 Å². The first-order valence-electron chi connectivity index (χ1n) is 5.87. The minimum absolute atomic E-state index is 0.0172. The fourth-order valence-corrected chi connectivity index (χ4v) is 1.29. The number of alkyl halides is 1. The SMILES string of the molecule is CC(C)Oc1cccnc1NC(C)(C)C(C)Cl. The molecular formula is C13H21ClN2O. The highest BCUT2D eigenvalue weighted by atomic mass is 35.5. The van der Waals surface area contributed by atoms with E-state index in [1.54, 1.807) is 6.20 Å². The van der Waals surface area contributed by atoms with Crippen molar-refractivity contribution in [3.8, 4) is 5.75 Å². The Kier molecular flexibility index (Phi) is 4.63. The van der Waals surface area contributed by atoms with Gasteiger partial charge in [0.25, 0.3) is 0 Å². The summed E-state index contributed by atoms with van der Waals surface area (Å²) in [7, 11) is 0. The quantitative estimate of drug-likeness (QED) is 0.816. The summed E-state index contributed by atoms with van der Waals surface area (Å²) in [6.45, 7) is 10.0. The zero-order valence-corrected chi connectivity index (χ0v) is 11.9. The van der Waals surface area contributed by atoms with Gasteiger partial charge < -0.3 is 10.1 Å². The molecule has 4 heteroatoms. The normalized spacial score (nSPS) is 13.6. The summed E-state index contributed by atoms with van der Waals surface area (Å²) < 4.78 is 5.70. The maximum atomic E-state index is 6.15. The lowest BCUT2D eigenvalue weighted by atomic mass is 10.0. The topological polar surface area (TPSA) is 34.1 Å². The van der Waals surface area contributed by atoms with Crippen LogP contribution in [0.5, 0.6) is 5.75 Å². The van der Waals surface area contributed by atoms with Gasteiger partial charge in [0, 0.05) is 11.7 Å². The predicted molar refractivity (Wildman–Crippen MR) is 73.0 cm³/mol. The Balaban J connectivity index is 2.90. The van der Waals surface area contributed by atoms with E-state index >= 15 is 0 Å². The third-order valence-electron chi connectivity index (χ3n) is 2.57. The zero-order valence-electron chi connectivity index (χ0n) is 11.1. The van der Waals surface area contributed by atoms with Crippen LogP contribution in [0.3, 0.4) is 0 Å². The Hall–Kier alpha value is -0.960. The highest BCUT2D eigenvalue weighted by Crippen LogP contribution is 2.27. The number of pyridine rings is 1. The van der Waals surface area contributed by atoms with Crippen LogP contribution in [0.25, 0.3) is 0 Å². The molecule has 1 heterocycles. The number of rotatable bonds is 5. The Morgan fingerprint density at radius 2 is 2.00 bits per heavy atom. The average molecular weight is 257 g/mol. The van der Waals surface area contributed by atoms with E-state index in [1.165, 1.54) is 0 Å². The number of halogens is 1. The lowest BCUT2D eigenvalue weighted by Crippen LogP contribution is -2.39. The predicted octanol–water partition coefficient (Wildman–Crippen LogP) is 3.69. The lowest BCUT2D eigenvalue weighted by molar-refractivity contribution is 0.242. The van der Waals surface area contributed by atoms with E-state index in [2.05, 4.69) is 10.3 Å². The lowest BCUT2D eigenvalue weighted by Gasteiger charge is -2.30. The summed E-state index contributed by atoms with van der Waals surface area (Å²) in [5, 5.41) is 3.31. The van der Waals surface area contributed by atoms with Crippen LogP contribution < -0.4 is 10.1 Å². The summed E-state index contributed by atoms with van der Waals surface area (Å²) in [5.41, 5.74) is -0.245. The Bertz CT molecular complexity index is 364. The second kappa shape index (κ2) is 5.58. The van der Waals surface area contributed by atoms with Crippen LogP contribution in [-0.2, 0) is 0 Å². The Morgan fingerprint density at radius 3 is 2.53 bits per heavy atom. The summed E-state index contributed by atoms with van der Waals surface area (Å²) in [4.78, 5) is 4.30. The third kappa shape index (κ3) is 4.08. The molecular weight excluding hydrogens is 236 g/mol. The molecule has 0 aliphatic carbocycles. The van der Waals surface area contributed by atoms with E-state index in [4.69, 9.17) is 16.3 Å². The number of anilines is 1. The Labute approximate surface area is 109 Å². The van der Waals surface area contributed by atoms with Crippen LogP contribution in [0.4, 0.5) is 5.82 Å². The maximum Gasteiger partial charge on any atom is 0.169 e. The van der Waals surface area contributed by atoms with Crippen LogP contribution in [0.15, 0.2) is 18.3 Å². The average Bonchev–Trinajstić information content (AvgIpc) is 2.19. The molecule has 1 unspecified atom stereocenters. The molecule has 96 valence electrons. The minimum atomic E-state index is -0.245. The molecule has 0 aliphatic heterocycles. The zero-order chi connectivity index (χ0) is 13.1. The molecule has 1 aromatic heterocycles. The fraction of sp³-hybridized carbons (Fsp3) is 0.615. The van der Waals surface area contributed by atoms with E-state index < -0.39 is 0 Å². The van der Waals surface area contributed by atoms with Crippen molar-refractivity contribution < 1.29 is 4.74 Å². The van der Waals surface area contributed by atoms with Crippen LogP contribution in [0.1, 0.15) is 34.6 Å². The molecule has 1 aromatic rings. The van der Waals surface area contributed by atoms with Crippen molar-refractivity contribution in [3.63, 3.8) is 0 Å². The van der Waals surface area contributed by atoms with Crippen LogP contribution in [-0.4, -0.2) is 22.0 Å². The number of hydrogen-bond donors (Lipinski definition) is 1. The molecule has 0 bridgehead atoms. The number of nitrogens with zero attached hydrogens (tertiary/aromatic N) is 1. The first kappa shape index (κ1) is 14.1. The molecule has 17 heavy (non-hydrogen) atoms. The number of hydrogen-bond acceptors (Lipinski definition) is 3. The molecule has 1 N–H and O–H groups in total. The van der Waals surface area contributed by atoms with Gasteiger partial charge in [0.15, 0.2) is 11.6 Å². The van der Waals surface area contributed by atoms with E-state index in [0.29, 0.717) is 0 Å². The molecule has 0 saturated heterocycles. The van der Waals surface area contributed by atoms with Gasteiger partial charge in [0.2, 0.25) is 0 Å². The maximum absolute atomic E-state index is 6.15. The van der Waals surface area contributed by atoms with Gasteiger partial charge in [0.1, 0.15) is 0 Å². The summed E-state index contributed by atoms with van der Waals surface area (Å²) in [6.07, 6.45) is 1.86. The van der Waals surface area contributed by atoms with Gasteiger partial charge in [-0.1, -0.05) is 0 Å². The minimum Gasteiger partial charge on any atom is -0.487 e. The number of nitrogens with one attached hydrogen (secondary N) is 1. The van der Waals surface area contributed by atoms with E-state index in [0.717, 1.165) is 11.6 Å². The molecule has 0 radical (unpaired) electrons. The fourth-order valence-electron chi connectivity index (χ4n) is 1.24. The molecule has 3 nitrogen and oxygen atoms in total. The van der Waals surface area contributed by atoms with E-state index in [-0.39, 0.29) is 17.0 Å². The summed E-state index contributed by atoms with van der Waals surface area (Å²) in [6, 6.07) is 3.77. The molecule has 1 atom stereocenters.